The maximum absolute atomic E-state index is 6.31. The number of aryl methyl sites for hydroxylation is 1. The van der Waals surface area contributed by atoms with E-state index in [1.807, 2.05) is 13.0 Å². The van der Waals surface area contributed by atoms with Crippen LogP contribution in [0.1, 0.15) is 44.7 Å². The van der Waals surface area contributed by atoms with Crippen molar-refractivity contribution in [2.24, 2.45) is 5.73 Å². The normalized spacial score (nSPS) is 11.8. The van der Waals surface area contributed by atoms with Crippen LogP contribution >= 0.6 is 24.0 Å². The average molecular weight is 306 g/mol. The fourth-order valence-corrected chi connectivity index (χ4v) is 2.35. The predicted molar refractivity (Wildman–Crippen MR) is 85.8 cm³/mol. The first-order valence-corrected chi connectivity index (χ1v) is 7.19. The van der Waals surface area contributed by atoms with Crippen molar-refractivity contribution < 1.29 is 4.74 Å². The molecule has 0 spiro atoms. The molecule has 1 unspecified atom stereocenters. The summed E-state index contributed by atoms with van der Waals surface area (Å²) in [4.78, 5) is 0. The lowest BCUT2D eigenvalue weighted by Crippen LogP contribution is -2.21. The Morgan fingerprint density at radius 1 is 1.26 bits per heavy atom. The summed E-state index contributed by atoms with van der Waals surface area (Å²) in [6.07, 6.45) is 3.93. The van der Waals surface area contributed by atoms with E-state index in [1.54, 1.807) is 0 Å². The summed E-state index contributed by atoms with van der Waals surface area (Å²) in [5.74, 6) is 0.842. The second kappa shape index (κ2) is 9.46. The Bertz CT molecular complexity index is 383. The molecule has 0 aliphatic carbocycles. The summed E-state index contributed by atoms with van der Waals surface area (Å²) < 4.78 is 5.64. The first-order chi connectivity index (χ1) is 8.62. The highest BCUT2D eigenvalue weighted by Gasteiger charge is 2.11. The first-order valence-electron chi connectivity index (χ1n) is 6.81. The summed E-state index contributed by atoms with van der Waals surface area (Å²) in [6, 6.07) is 4.38. The lowest BCUT2D eigenvalue weighted by Gasteiger charge is -2.15. The van der Waals surface area contributed by atoms with Gasteiger partial charge in [0.05, 0.1) is 11.6 Å². The van der Waals surface area contributed by atoms with Crippen molar-refractivity contribution in [2.75, 3.05) is 6.61 Å². The number of benzene rings is 1. The van der Waals surface area contributed by atoms with Crippen molar-refractivity contribution in [3.63, 3.8) is 0 Å². The summed E-state index contributed by atoms with van der Waals surface area (Å²) >= 11 is 6.31. The third-order valence-corrected chi connectivity index (χ3v) is 3.29. The fourth-order valence-electron chi connectivity index (χ4n) is 2.04. The molecule has 110 valence electrons. The molecule has 1 aromatic rings. The maximum atomic E-state index is 6.31. The molecule has 0 saturated heterocycles. The maximum Gasteiger partial charge on any atom is 0.141 e. The predicted octanol–water partition coefficient (Wildman–Crippen LogP) is 4.39. The Hall–Kier alpha value is -0.440. The Labute approximate surface area is 128 Å². The van der Waals surface area contributed by atoms with Gasteiger partial charge in [0.25, 0.3) is 0 Å². The molecule has 4 heteroatoms. The molecule has 0 aliphatic rings. The van der Waals surface area contributed by atoms with Crippen molar-refractivity contribution >= 4 is 24.0 Å². The molecule has 0 radical (unpaired) electrons. The topological polar surface area (TPSA) is 35.2 Å². The molecule has 1 atom stereocenters. The lowest BCUT2D eigenvalue weighted by atomic mass is 10.00. The molecule has 1 rings (SSSR count). The molecule has 2 N–H and O–H groups in total. The van der Waals surface area contributed by atoms with Gasteiger partial charge in [-0.05, 0) is 43.4 Å². The van der Waals surface area contributed by atoms with Gasteiger partial charge in [0.15, 0.2) is 0 Å². The van der Waals surface area contributed by atoms with Crippen LogP contribution in [0.15, 0.2) is 12.1 Å². The minimum atomic E-state index is 0. The van der Waals surface area contributed by atoms with E-state index in [9.17, 15) is 0 Å². The zero-order chi connectivity index (χ0) is 13.5. The Kier molecular flexibility index (Phi) is 9.24. The van der Waals surface area contributed by atoms with Crippen molar-refractivity contribution in [3.8, 4) is 5.75 Å². The van der Waals surface area contributed by atoms with Gasteiger partial charge in [-0.2, -0.15) is 0 Å². The average Bonchev–Trinajstić information content (AvgIpc) is 2.34. The van der Waals surface area contributed by atoms with Gasteiger partial charge in [0.2, 0.25) is 0 Å². The zero-order valence-electron chi connectivity index (χ0n) is 12.0. The zero-order valence-corrected chi connectivity index (χ0v) is 13.6. The van der Waals surface area contributed by atoms with Crippen LogP contribution in [-0.2, 0) is 12.8 Å². The molecule has 0 saturated carbocycles. The van der Waals surface area contributed by atoms with E-state index in [1.165, 1.54) is 11.1 Å². The Balaban J connectivity index is 0.00000324. The smallest absolute Gasteiger partial charge is 0.141 e. The number of hydrogen-bond donors (Lipinski definition) is 1. The number of halogens is 2. The van der Waals surface area contributed by atoms with E-state index in [4.69, 9.17) is 22.1 Å². The van der Waals surface area contributed by atoms with Crippen LogP contribution in [0.25, 0.3) is 0 Å². The number of rotatable bonds is 7. The van der Waals surface area contributed by atoms with Crippen LogP contribution < -0.4 is 10.5 Å². The fraction of sp³-hybridized carbons (Fsp3) is 0.600. The van der Waals surface area contributed by atoms with E-state index >= 15 is 0 Å². The summed E-state index contributed by atoms with van der Waals surface area (Å²) in [6.45, 7) is 6.89. The van der Waals surface area contributed by atoms with Crippen LogP contribution in [-0.4, -0.2) is 12.6 Å². The van der Waals surface area contributed by atoms with Crippen molar-refractivity contribution in [2.45, 2.75) is 52.5 Å². The Morgan fingerprint density at radius 2 is 1.95 bits per heavy atom. The van der Waals surface area contributed by atoms with Crippen LogP contribution in [0.2, 0.25) is 5.02 Å². The summed E-state index contributed by atoms with van der Waals surface area (Å²) in [5.41, 5.74) is 8.41. The molecule has 0 aromatic heterocycles. The molecule has 0 heterocycles. The molecule has 0 aliphatic heterocycles. The Morgan fingerprint density at radius 3 is 2.47 bits per heavy atom. The summed E-state index contributed by atoms with van der Waals surface area (Å²) in [5, 5.41) is 0.709. The van der Waals surface area contributed by atoms with Gasteiger partial charge in [0.1, 0.15) is 5.75 Å². The molecule has 19 heavy (non-hydrogen) atoms. The SMILES string of the molecule is CCCc1cc(CC(N)CC)cc(Cl)c1OCC.Cl. The largest absolute Gasteiger partial charge is 0.492 e. The highest BCUT2D eigenvalue weighted by Crippen LogP contribution is 2.32. The van der Waals surface area contributed by atoms with Crippen LogP contribution in [0.4, 0.5) is 0 Å². The van der Waals surface area contributed by atoms with Gasteiger partial charge in [-0.15, -0.1) is 12.4 Å². The van der Waals surface area contributed by atoms with Gasteiger partial charge in [0, 0.05) is 6.04 Å². The van der Waals surface area contributed by atoms with Crippen molar-refractivity contribution in [1.82, 2.24) is 0 Å². The first kappa shape index (κ1) is 18.6. The highest BCUT2D eigenvalue weighted by atomic mass is 35.5. The van der Waals surface area contributed by atoms with Crippen LogP contribution in [0.5, 0.6) is 5.75 Å². The molecule has 0 fully saturated rings. The standard InChI is InChI=1S/C15H24ClNO.ClH/c1-4-7-12-8-11(9-13(17)5-2)10-14(16)15(12)18-6-3;/h8,10,13H,4-7,9,17H2,1-3H3;1H. The number of nitrogens with two attached hydrogens (primary N) is 1. The van der Waals surface area contributed by atoms with Crippen LogP contribution in [0.3, 0.4) is 0 Å². The molecular weight excluding hydrogens is 281 g/mol. The molecule has 1 aromatic carbocycles. The minimum absolute atomic E-state index is 0. The number of ether oxygens (including phenoxy) is 1. The van der Waals surface area contributed by atoms with Crippen molar-refractivity contribution in [3.05, 3.63) is 28.3 Å². The number of hydrogen-bond acceptors (Lipinski definition) is 2. The summed E-state index contributed by atoms with van der Waals surface area (Å²) in [7, 11) is 0. The van der Waals surface area contributed by atoms with Crippen molar-refractivity contribution in [1.29, 1.82) is 0 Å². The molecular formula is C15H25Cl2NO. The quantitative estimate of drug-likeness (QED) is 0.810. The van der Waals surface area contributed by atoms with E-state index in [-0.39, 0.29) is 18.4 Å². The van der Waals surface area contributed by atoms with Gasteiger partial charge in [-0.3, -0.25) is 0 Å². The second-order valence-corrected chi connectivity index (χ2v) is 5.03. The van der Waals surface area contributed by atoms with Gasteiger partial charge in [-0.25, -0.2) is 0 Å². The monoisotopic (exact) mass is 305 g/mol. The van der Waals surface area contributed by atoms with Gasteiger partial charge in [-0.1, -0.05) is 37.9 Å². The second-order valence-electron chi connectivity index (χ2n) is 4.62. The van der Waals surface area contributed by atoms with E-state index < -0.39 is 0 Å². The minimum Gasteiger partial charge on any atom is -0.492 e. The van der Waals surface area contributed by atoms with Crippen LogP contribution in [0, 0.1) is 0 Å². The van der Waals surface area contributed by atoms with E-state index in [2.05, 4.69) is 19.9 Å². The third-order valence-electron chi connectivity index (χ3n) is 3.01. The molecule has 0 amide bonds. The molecule has 2 nitrogen and oxygen atoms in total. The highest BCUT2D eigenvalue weighted by molar-refractivity contribution is 6.32. The van der Waals surface area contributed by atoms with E-state index in [0.29, 0.717) is 11.6 Å². The lowest BCUT2D eigenvalue weighted by molar-refractivity contribution is 0.336. The van der Waals surface area contributed by atoms with Gasteiger partial charge < -0.3 is 10.5 Å². The third kappa shape index (κ3) is 5.60. The van der Waals surface area contributed by atoms with E-state index in [0.717, 1.165) is 31.4 Å². The molecule has 0 bridgehead atoms. The van der Waals surface area contributed by atoms with Gasteiger partial charge >= 0.3 is 0 Å².